The first-order valence-corrected chi connectivity index (χ1v) is 5.89. The smallest absolute Gasteiger partial charge is 0.225 e. The first kappa shape index (κ1) is 13.5. The second kappa shape index (κ2) is 5.15. The van der Waals surface area contributed by atoms with Crippen LogP contribution in [-0.4, -0.2) is 36.4 Å². The Balaban J connectivity index is 2.35. The Morgan fingerprint density at radius 3 is 2.62 bits per heavy atom. The molecule has 0 aromatic rings. The van der Waals surface area contributed by atoms with Gasteiger partial charge in [-0.25, -0.2) is 0 Å². The van der Waals surface area contributed by atoms with Gasteiger partial charge in [-0.15, -0.1) is 0 Å². The van der Waals surface area contributed by atoms with E-state index in [2.05, 4.69) is 5.32 Å². The molecule has 3 atom stereocenters. The molecule has 0 spiro atoms. The molecule has 0 aliphatic carbocycles. The zero-order chi connectivity index (χ0) is 12.3. The maximum atomic E-state index is 11.8. The van der Waals surface area contributed by atoms with Crippen molar-refractivity contribution in [2.75, 3.05) is 13.2 Å². The molecule has 2 N–H and O–H groups in total. The van der Waals surface area contributed by atoms with Crippen molar-refractivity contribution < 1.29 is 14.6 Å². The number of hydrogen-bond donors (Lipinski definition) is 2. The van der Waals surface area contributed by atoms with Crippen LogP contribution in [0.1, 0.15) is 34.1 Å². The second-order valence-corrected chi connectivity index (χ2v) is 5.60. The normalized spacial score (nSPS) is 27.8. The molecule has 0 radical (unpaired) electrons. The second-order valence-electron chi connectivity index (χ2n) is 5.60. The minimum absolute atomic E-state index is 0.00620. The van der Waals surface area contributed by atoms with Gasteiger partial charge in [0.05, 0.1) is 18.1 Å². The number of carbonyl (C=O) groups excluding carboxylic acids is 1. The molecule has 4 nitrogen and oxygen atoms in total. The first-order chi connectivity index (χ1) is 7.32. The van der Waals surface area contributed by atoms with Crippen molar-refractivity contribution in [1.29, 1.82) is 0 Å². The Labute approximate surface area is 97.4 Å². The van der Waals surface area contributed by atoms with E-state index in [4.69, 9.17) is 4.74 Å². The van der Waals surface area contributed by atoms with Gasteiger partial charge in [0, 0.05) is 13.2 Å². The number of amides is 1. The van der Waals surface area contributed by atoms with Crippen molar-refractivity contribution in [1.82, 2.24) is 5.32 Å². The van der Waals surface area contributed by atoms with E-state index in [9.17, 15) is 9.90 Å². The molecule has 1 aliphatic heterocycles. The van der Waals surface area contributed by atoms with Gasteiger partial charge in [0.1, 0.15) is 0 Å². The summed E-state index contributed by atoms with van der Waals surface area (Å²) in [7, 11) is 0. The summed E-state index contributed by atoms with van der Waals surface area (Å²) in [6, 6.07) is 0. The molecule has 1 amide bonds. The Morgan fingerprint density at radius 2 is 2.19 bits per heavy atom. The third kappa shape index (κ3) is 3.46. The van der Waals surface area contributed by atoms with Crippen LogP contribution in [0.25, 0.3) is 0 Å². The van der Waals surface area contributed by atoms with Crippen LogP contribution in [0, 0.1) is 11.3 Å². The molecular weight excluding hydrogens is 206 g/mol. The molecule has 1 aliphatic rings. The summed E-state index contributed by atoms with van der Waals surface area (Å²) in [6.07, 6.45) is 0.249. The molecule has 0 saturated carbocycles. The minimum Gasteiger partial charge on any atom is -0.391 e. The Bertz CT molecular complexity index is 247. The third-order valence-electron chi connectivity index (χ3n) is 3.18. The topological polar surface area (TPSA) is 58.6 Å². The zero-order valence-corrected chi connectivity index (χ0v) is 10.6. The van der Waals surface area contributed by atoms with Crippen molar-refractivity contribution in [3.8, 4) is 0 Å². The SMILES string of the molecule is CC1OCCC1C(=O)NCC(O)C(C)(C)C. The van der Waals surface area contributed by atoms with E-state index < -0.39 is 6.10 Å². The molecule has 0 bridgehead atoms. The van der Waals surface area contributed by atoms with E-state index in [0.717, 1.165) is 6.42 Å². The molecule has 16 heavy (non-hydrogen) atoms. The maximum Gasteiger partial charge on any atom is 0.225 e. The summed E-state index contributed by atoms with van der Waals surface area (Å²) in [4.78, 5) is 11.8. The lowest BCUT2D eigenvalue weighted by Gasteiger charge is -2.26. The number of nitrogens with one attached hydrogen (secondary N) is 1. The van der Waals surface area contributed by atoms with Gasteiger partial charge >= 0.3 is 0 Å². The highest BCUT2D eigenvalue weighted by atomic mass is 16.5. The van der Waals surface area contributed by atoms with Crippen LogP contribution >= 0.6 is 0 Å². The van der Waals surface area contributed by atoms with E-state index in [-0.39, 0.29) is 23.3 Å². The lowest BCUT2D eigenvalue weighted by molar-refractivity contribution is -0.127. The Morgan fingerprint density at radius 1 is 1.56 bits per heavy atom. The summed E-state index contributed by atoms with van der Waals surface area (Å²) in [6.45, 7) is 8.73. The predicted octanol–water partition coefficient (Wildman–Crippen LogP) is 0.935. The molecule has 94 valence electrons. The summed E-state index contributed by atoms with van der Waals surface area (Å²) in [5.41, 5.74) is -0.203. The summed E-state index contributed by atoms with van der Waals surface area (Å²) in [5, 5.41) is 12.6. The molecule has 0 aromatic heterocycles. The number of rotatable bonds is 3. The zero-order valence-electron chi connectivity index (χ0n) is 10.6. The fourth-order valence-corrected chi connectivity index (χ4v) is 1.71. The van der Waals surface area contributed by atoms with Gasteiger partial charge < -0.3 is 15.2 Å². The standard InChI is InChI=1S/C12H23NO3/c1-8-9(5-6-16-8)11(15)13-7-10(14)12(2,3)4/h8-10,14H,5-7H2,1-4H3,(H,13,15). The third-order valence-corrected chi connectivity index (χ3v) is 3.18. The van der Waals surface area contributed by atoms with Crippen molar-refractivity contribution in [2.45, 2.75) is 46.3 Å². The van der Waals surface area contributed by atoms with Gasteiger partial charge in [-0.2, -0.15) is 0 Å². The Hall–Kier alpha value is -0.610. The van der Waals surface area contributed by atoms with E-state index in [0.29, 0.717) is 13.2 Å². The number of aliphatic hydroxyl groups excluding tert-OH is 1. The van der Waals surface area contributed by atoms with Crippen molar-refractivity contribution in [3.63, 3.8) is 0 Å². The molecule has 3 unspecified atom stereocenters. The molecule has 1 heterocycles. The molecule has 1 saturated heterocycles. The molecule has 4 heteroatoms. The van der Waals surface area contributed by atoms with E-state index >= 15 is 0 Å². The summed E-state index contributed by atoms with van der Waals surface area (Å²) < 4.78 is 5.34. The van der Waals surface area contributed by atoms with Gasteiger partial charge in [-0.1, -0.05) is 20.8 Å². The van der Waals surface area contributed by atoms with Gasteiger partial charge in [0.25, 0.3) is 0 Å². The number of carbonyl (C=O) groups is 1. The highest BCUT2D eigenvalue weighted by Crippen LogP contribution is 2.21. The van der Waals surface area contributed by atoms with Crippen LogP contribution < -0.4 is 5.32 Å². The number of aliphatic hydroxyl groups is 1. The fraction of sp³-hybridized carbons (Fsp3) is 0.917. The molecule has 1 fully saturated rings. The van der Waals surface area contributed by atoms with Crippen LogP contribution in [0.4, 0.5) is 0 Å². The van der Waals surface area contributed by atoms with Gasteiger partial charge in [0.15, 0.2) is 0 Å². The minimum atomic E-state index is -0.519. The Kier molecular flexibility index (Phi) is 4.33. The average Bonchev–Trinajstić information content (AvgIpc) is 2.58. The largest absolute Gasteiger partial charge is 0.391 e. The van der Waals surface area contributed by atoms with Crippen LogP contribution in [0.2, 0.25) is 0 Å². The van der Waals surface area contributed by atoms with Gasteiger partial charge in [-0.3, -0.25) is 4.79 Å². The van der Waals surface area contributed by atoms with Crippen LogP contribution in [-0.2, 0) is 9.53 Å². The molecular formula is C12H23NO3. The van der Waals surface area contributed by atoms with Crippen LogP contribution in [0.5, 0.6) is 0 Å². The number of hydrogen-bond acceptors (Lipinski definition) is 3. The quantitative estimate of drug-likeness (QED) is 0.757. The van der Waals surface area contributed by atoms with Crippen molar-refractivity contribution in [2.24, 2.45) is 11.3 Å². The molecule has 1 rings (SSSR count). The maximum absolute atomic E-state index is 11.8. The highest BCUT2D eigenvalue weighted by Gasteiger charge is 2.31. The van der Waals surface area contributed by atoms with E-state index in [1.165, 1.54) is 0 Å². The fourth-order valence-electron chi connectivity index (χ4n) is 1.71. The summed E-state index contributed by atoms with van der Waals surface area (Å²) >= 11 is 0. The predicted molar refractivity (Wildman–Crippen MR) is 62.0 cm³/mol. The van der Waals surface area contributed by atoms with Crippen LogP contribution in [0.15, 0.2) is 0 Å². The van der Waals surface area contributed by atoms with Crippen molar-refractivity contribution in [3.05, 3.63) is 0 Å². The van der Waals surface area contributed by atoms with Crippen molar-refractivity contribution >= 4 is 5.91 Å². The first-order valence-electron chi connectivity index (χ1n) is 5.89. The van der Waals surface area contributed by atoms with Crippen LogP contribution in [0.3, 0.4) is 0 Å². The lowest BCUT2D eigenvalue weighted by atomic mass is 9.89. The monoisotopic (exact) mass is 229 g/mol. The highest BCUT2D eigenvalue weighted by molar-refractivity contribution is 5.79. The van der Waals surface area contributed by atoms with Gasteiger partial charge in [-0.05, 0) is 18.8 Å². The van der Waals surface area contributed by atoms with E-state index in [1.54, 1.807) is 0 Å². The average molecular weight is 229 g/mol. The number of ether oxygens (including phenoxy) is 1. The van der Waals surface area contributed by atoms with E-state index in [1.807, 2.05) is 27.7 Å². The summed E-state index contributed by atoms with van der Waals surface area (Å²) in [5.74, 6) is -0.0690. The molecule has 0 aromatic carbocycles. The van der Waals surface area contributed by atoms with Gasteiger partial charge in [0.2, 0.25) is 5.91 Å². The lowest BCUT2D eigenvalue weighted by Crippen LogP contribution is -2.42.